The van der Waals surface area contributed by atoms with Gasteiger partial charge in [0.2, 0.25) is 18.2 Å². The zero-order chi connectivity index (χ0) is 30.9. The van der Waals surface area contributed by atoms with Gasteiger partial charge in [-0.1, -0.05) is 56.5 Å². The molecule has 0 bridgehead atoms. The van der Waals surface area contributed by atoms with Crippen LogP contribution in [0.15, 0.2) is 55.8 Å². The molecular weight excluding hydrogens is 520 g/mol. The number of anilines is 1. The second-order valence-corrected chi connectivity index (χ2v) is 8.91. The molecule has 1 unspecified atom stereocenters. The third kappa shape index (κ3) is 18.1. The van der Waals surface area contributed by atoms with Crippen LogP contribution in [0.5, 0.6) is 0 Å². The number of aromatic nitrogens is 1. The average molecular weight is 569 g/mol. The van der Waals surface area contributed by atoms with E-state index >= 15 is 0 Å². The third-order valence-electron chi connectivity index (χ3n) is 5.60. The summed E-state index contributed by atoms with van der Waals surface area (Å²) < 4.78 is 0. The molecule has 0 aliphatic rings. The molecule has 0 saturated heterocycles. The van der Waals surface area contributed by atoms with Crippen LogP contribution in [-0.2, 0) is 20.8 Å². The molecule has 0 spiro atoms. The van der Waals surface area contributed by atoms with E-state index in [4.69, 9.17) is 17.2 Å². The van der Waals surface area contributed by atoms with Crippen LogP contribution < -0.4 is 33.2 Å². The summed E-state index contributed by atoms with van der Waals surface area (Å²) in [6.45, 7) is 13.1. The fourth-order valence-corrected chi connectivity index (χ4v) is 3.28. The highest BCUT2D eigenvalue weighted by atomic mass is 16.2. The molecule has 1 aromatic heterocycles. The third-order valence-corrected chi connectivity index (χ3v) is 5.60. The molecule has 2 rings (SSSR count). The van der Waals surface area contributed by atoms with Gasteiger partial charge in [0, 0.05) is 38.3 Å². The van der Waals surface area contributed by atoms with Crippen molar-refractivity contribution in [3.05, 3.63) is 72.6 Å². The summed E-state index contributed by atoms with van der Waals surface area (Å²) in [7, 11) is 2.01. The van der Waals surface area contributed by atoms with Crippen molar-refractivity contribution in [3.63, 3.8) is 0 Å². The summed E-state index contributed by atoms with van der Waals surface area (Å²) in [6, 6.07) is 11.4. The Balaban J connectivity index is 0.000000807. The Morgan fingerprint density at radius 1 is 1.10 bits per heavy atom. The largest absolute Gasteiger partial charge is 0.359 e. The average Bonchev–Trinajstić information content (AvgIpc) is 2.99. The van der Waals surface area contributed by atoms with Gasteiger partial charge in [0.1, 0.15) is 0 Å². The Morgan fingerprint density at radius 3 is 2.27 bits per heavy atom. The van der Waals surface area contributed by atoms with Gasteiger partial charge in [-0.05, 0) is 44.0 Å². The molecule has 11 nitrogen and oxygen atoms in total. The number of rotatable bonds is 16. The fourth-order valence-electron chi connectivity index (χ4n) is 3.28. The van der Waals surface area contributed by atoms with E-state index in [1.807, 2.05) is 13.1 Å². The van der Waals surface area contributed by atoms with Crippen LogP contribution in [0.4, 0.5) is 5.69 Å². The van der Waals surface area contributed by atoms with Crippen molar-refractivity contribution < 1.29 is 14.4 Å². The molecule has 1 heterocycles. The number of hydrogen-bond donors (Lipinski definition) is 6. The number of nitrogens with two attached hydrogens (primary N) is 3. The van der Waals surface area contributed by atoms with E-state index in [9.17, 15) is 14.4 Å². The number of nitrogens with zero attached hydrogens (tertiary/aromatic N) is 2. The highest BCUT2D eigenvalue weighted by molar-refractivity contribution is 5.95. The van der Waals surface area contributed by atoms with E-state index in [1.54, 1.807) is 18.2 Å². The number of nitrogens with one attached hydrogen (secondary N) is 3. The van der Waals surface area contributed by atoms with Crippen molar-refractivity contribution in [1.29, 1.82) is 0 Å². The molecule has 0 radical (unpaired) electrons. The summed E-state index contributed by atoms with van der Waals surface area (Å²) in [5.74, 6) is -0.820. The van der Waals surface area contributed by atoms with Crippen LogP contribution in [0.3, 0.4) is 0 Å². The molecule has 1 aromatic carbocycles. The highest BCUT2D eigenvalue weighted by Crippen LogP contribution is 2.15. The number of carbonyl (C=O) groups excluding carboxylic acids is 3. The maximum absolute atomic E-state index is 11.9. The van der Waals surface area contributed by atoms with Gasteiger partial charge >= 0.3 is 0 Å². The Kier molecular flexibility index (Phi) is 21.7. The van der Waals surface area contributed by atoms with Crippen LogP contribution in [-0.4, -0.2) is 80.5 Å². The summed E-state index contributed by atoms with van der Waals surface area (Å²) in [5.41, 5.74) is 19.6. The molecule has 0 aliphatic heterocycles. The van der Waals surface area contributed by atoms with Gasteiger partial charge in [-0.25, -0.2) is 0 Å². The Bertz CT molecular complexity index is 1030. The smallest absolute Gasteiger partial charge is 0.243 e. The SMILES string of the molecule is C=Cc1cc(NC(=O)CNC(=O)C(N)CCCNC=O)cnc1C=C.CCc1ccccc1.CN(CCN)CCN. The molecule has 3 amide bonds. The van der Waals surface area contributed by atoms with Gasteiger partial charge in [-0.15, -0.1) is 0 Å². The molecule has 226 valence electrons. The lowest BCUT2D eigenvalue weighted by Gasteiger charge is -2.12. The highest BCUT2D eigenvalue weighted by Gasteiger charge is 2.14. The van der Waals surface area contributed by atoms with Gasteiger partial charge in [0.05, 0.1) is 30.2 Å². The van der Waals surface area contributed by atoms with Crippen LogP contribution in [0.1, 0.15) is 36.6 Å². The number of pyridine rings is 1. The number of hydrogen-bond acceptors (Lipinski definition) is 8. The number of benzene rings is 1. The van der Waals surface area contributed by atoms with Crippen molar-refractivity contribution in [2.75, 3.05) is 51.6 Å². The molecular formula is C30H48N8O3. The molecule has 11 heteroatoms. The minimum Gasteiger partial charge on any atom is -0.359 e. The first kappa shape index (κ1) is 37.1. The van der Waals surface area contributed by atoms with Gasteiger partial charge in [0.25, 0.3) is 0 Å². The monoisotopic (exact) mass is 568 g/mol. The second kappa shape index (κ2) is 23.9. The lowest BCUT2D eigenvalue weighted by molar-refractivity contribution is -0.125. The lowest BCUT2D eigenvalue weighted by Crippen LogP contribution is -2.43. The van der Waals surface area contributed by atoms with Crippen molar-refractivity contribution in [1.82, 2.24) is 20.5 Å². The Labute approximate surface area is 244 Å². The molecule has 0 fully saturated rings. The number of likely N-dealkylation sites (N-methyl/N-ethyl adjacent to an activating group) is 1. The van der Waals surface area contributed by atoms with E-state index in [2.05, 4.69) is 70.2 Å². The van der Waals surface area contributed by atoms with Crippen LogP contribution in [0.25, 0.3) is 12.2 Å². The quantitative estimate of drug-likeness (QED) is 0.130. The first-order valence-electron chi connectivity index (χ1n) is 13.6. The van der Waals surface area contributed by atoms with Crippen molar-refractivity contribution in [2.45, 2.75) is 32.2 Å². The van der Waals surface area contributed by atoms with Gasteiger partial charge in [0.15, 0.2) is 0 Å². The number of amides is 3. The minimum atomic E-state index is -0.734. The van der Waals surface area contributed by atoms with Crippen LogP contribution >= 0.6 is 0 Å². The van der Waals surface area contributed by atoms with Gasteiger partial charge in [-0.3, -0.25) is 19.4 Å². The molecule has 1 atom stereocenters. The van der Waals surface area contributed by atoms with E-state index in [0.29, 0.717) is 37.2 Å². The lowest BCUT2D eigenvalue weighted by atomic mass is 10.1. The fraction of sp³-hybridized carbons (Fsp3) is 0.400. The summed E-state index contributed by atoms with van der Waals surface area (Å²) >= 11 is 0. The normalized spacial score (nSPS) is 10.6. The second-order valence-electron chi connectivity index (χ2n) is 8.91. The van der Waals surface area contributed by atoms with Crippen LogP contribution in [0.2, 0.25) is 0 Å². The van der Waals surface area contributed by atoms with Crippen molar-refractivity contribution >= 4 is 36.1 Å². The molecule has 41 heavy (non-hydrogen) atoms. The molecule has 0 saturated carbocycles. The summed E-state index contributed by atoms with van der Waals surface area (Å²) in [4.78, 5) is 40.1. The van der Waals surface area contributed by atoms with E-state index < -0.39 is 17.9 Å². The minimum absolute atomic E-state index is 0.203. The Morgan fingerprint density at radius 2 is 1.76 bits per heavy atom. The summed E-state index contributed by atoms with van der Waals surface area (Å²) in [6.07, 6.45) is 7.41. The molecule has 2 aromatic rings. The van der Waals surface area contributed by atoms with E-state index in [1.165, 1.54) is 11.8 Å². The zero-order valence-corrected chi connectivity index (χ0v) is 24.5. The standard InChI is InChI=1S/C17H23N5O3.C8H10.C5H15N3/c1-3-12-8-13(9-20-15(12)4-2)22-16(24)10-21-17(25)14(18)6-5-7-19-11-23;1-2-8-6-4-3-5-7-8;1-8(4-2-6)5-3-7/h3-4,8-9,11,14H,1-2,5-7,10,18H2,(H,19,23)(H,21,25)(H,22,24);3-7H,2H2,1H3;2-7H2,1H3. The number of carbonyl (C=O) groups is 3. The Hall–Kier alpha value is -3.90. The van der Waals surface area contributed by atoms with Crippen molar-refractivity contribution in [3.8, 4) is 0 Å². The topological polar surface area (TPSA) is 181 Å². The first-order valence-corrected chi connectivity index (χ1v) is 13.6. The predicted molar refractivity (Wildman–Crippen MR) is 169 cm³/mol. The van der Waals surface area contributed by atoms with E-state index in [-0.39, 0.29) is 6.54 Å². The van der Waals surface area contributed by atoms with Crippen molar-refractivity contribution in [2.24, 2.45) is 17.2 Å². The molecule has 0 aliphatic carbocycles. The molecule has 9 N–H and O–H groups in total. The predicted octanol–water partition coefficient (Wildman–Crippen LogP) is 1.36. The zero-order valence-electron chi connectivity index (χ0n) is 24.5. The van der Waals surface area contributed by atoms with Gasteiger partial charge < -0.3 is 38.1 Å². The van der Waals surface area contributed by atoms with Gasteiger partial charge in [-0.2, -0.15) is 0 Å². The van der Waals surface area contributed by atoms with E-state index in [0.717, 1.165) is 38.2 Å². The first-order chi connectivity index (χ1) is 19.8. The number of aryl methyl sites for hydroxylation is 1. The maximum Gasteiger partial charge on any atom is 0.243 e. The van der Waals surface area contributed by atoms with Crippen LogP contribution in [0, 0.1) is 0 Å². The summed E-state index contributed by atoms with van der Waals surface area (Å²) in [5, 5.41) is 7.59. The maximum atomic E-state index is 11.9.